The molecule has 1 N–H and O–H groups in total. The summed E-state index contributed by atoms with van der Waals surface area (Å²) < 4.78 is 4.99. The van der Waals surface area contributed by atoms with Crippen LogP contribution in [0.25, 0.3) is 0 Å². The maximum Gasteiger partial charge on any atom is 0.287 e. The van der Waals surface area contributed by atoms with Crippen LogP contribution in [0.1, 0.15) is 29.8 Å². The number of furan rings is 1. The first-order valence-electron chi connectivity index (χ1n) is 5.26. The molecule has 0 aliphatic heterocycles. The zero-order chi connectivity index (χ0) is 11.8. The number of nitrogens with one attached hydrogen (secondary N) is 1. The minimum atomic E-state index is -0.197. The van der Waals surface area contributed by atoms with Crippen molar-refractivity contribution in [3.63, 3.8) is 0 Å². The lowest BCUT2D eigenvalue weighted by molar-refractivity contribution is 0.0925. The summed E-state index contributed by atoms with van der Waals surface area (Å²) in [4.78, 5) is 11.5. The molecule has 0 fully saturated rings. The molecule has 0 aromatic carbocycles. The van der Waals surface area contributed by atoms with E-state index in [4.69, 9.17) is 16.0 Å². The Balaban J connectivity index is 2.11. The lowest BCUT2D eigenvalue weighted by Crippen LogP contribution is -2.23. The standard InChI is InChI=1S/C11H16ClNO2S/c1-16-8-4-2-3-7-13-11(14)9-5-6-10(12)15-9/h5-6H,2-4,7-8H2,1H3,(H,13,14). The van der Waals surface area contributed by atoms with Gasteiger partial charge >= 0.3 is 0 Å². The minimum Gasteiger partial charge on any atom is -0.440 e. The van der Waals surface area contributed by atoms with E-state index >= 15 is 0 Å². The smallest absolute Gasteiger partial charge is 0.287 e. The van der Waals surface area contributed by atoms with E-state index in [1.807, 2.05) is 11.8 Å². The molecule has 3 nitrogen and oxygen atoms in total. The third kappa shape index (κ3) is 4.94. The van der Waals surface area contributed by atoms with Gasteiger partial charge in [0.2, 0.25) is 0 Å². The van der Waals surface area contributed by atoms with Crippen molar-refractivity contribution in [2.75, 3.05) is 18.6 Å². The first-order valence-corrected chi connectivity index (χ1v) is 7.03. The third-order valence-electron chi connectivity index (χ3n) is 2.11. The fourth-order valence-electron chi connectivity index (χ4n) is 1.27. The van der Waals surface area contributed by atoms with Crippen LogP contribution in [0.15, 0.2) is 16.5 Å². The highest BCUT2D eigenvalue weighted by molar-refractivity contribution is 7.98. The third-order valence-corrected chi connectivity index (χ3v) is 3.01. The summed E-state index contributed by atoms with van der Waals surface area (Å²) in [6.45, 7) is 0.686. The van der Waals surface area contributed by atoms with Crippen LogP contribution in [0.4, 0.5) is 0 Å². The Morgan fingerprint density at radius 2 is 2.25 bits per heavy atom. The number of hydrogen-bond donors (Lipinski definition) is 1. The second-order valence-electron chi connectivity index (χ2n) is 3.41. The summed E-state index contributed by atoms with van der Waals surface area (Å²) >= 11 is 7.42. The van der Waals surface area contributed by atoms with E-state index in [9.17, 15) is 4.79 Å². The van der Waals surface area contributed by atoms with Gasteiger partial charge in [-0.25, -0.2) is 0 Å². The highest BCUT2D eigenvalue weighted by atomic mass is 35.5. The van der Waals surface area contributed by atoms with Crippen molar-refractivity contribution < 1.29 is 9.21 Å². The molecule has 0 bridgehead atoms. The molecule has 1 amide bonds. The number of halogens is 1. The van der Waals surface area contributed by atoms with Gasteiger partial charge in [0.15, 0.2) is 11.0 Å². The van der Waals surface area contributed by atoms with Crippen molar-refractivity contribution in [2.45, 2.75) is 19.3 Å². The molecular formula is C11H16ClNO2S. The summed E-state index contributed by atoms with van der Waals surface area (Å²) in [6.07, 6.45) is 5.44. The van der Waals surface area contributed by atoms with Gasteiger partial charge in [-0.05, 0) is 48.6 Å². The molecular weight excluding hydrogens is 246 g/mol. The molecule has 0 aliphatic rings. The molecule has 1 heterocycles. The Hall–Kier alpha value is -0.610. The van der Waals surface area contributed by atoms with Crippen LogP contribution >= 0.6 is 23.4 Å². The van der Waals surface area contributed by atoms with E-state index in [2.05, 4.69) is 11.6 Å². The van der Waals surface area contributed by atoms with Crippen LogP contribution in [-0.4, -0.2) is 24.5 Å². The van der Waals surface area contributed by atoms with Crippen LogP contribution in [0.2, 0.25) is 5.22 Å². The number of rotatable bonds is 7. The normalized spacial score (nSPS) is 10.4. The van der Waals surface area contributed by atoms with Crippen molar-refractivity contribution in [2.24, 2.45) is 0 Å². The summed E-state index contributed by atoms with van der Waals surface area (Å²) in [5.41, 5.74) is 0. The van der Waals surface area contributed by atoms with Gasteiger partial charge in [0, 0.05) is 6.54 Å². The Morgan fingerprint density at radius 3 is 2.88 bits per heavy atom. The molecule has 0 atom stereocenters. The fraction of sp³-hybridized carbons (Fsp3) is 0.545. The van der Waals surface area contributed by atoms with Gasteiger partial charge in [-0.3, -0.25) is 4.79 Å². The molecule has 16 heavy (non-hydrogen) atoms. The van der Waals surface area contributed by atoms with Crippen LogP contribution in [0.3, 0.4) is 0 Å². The van der Waals surface area contributed by atoms with E-state index in [1.165, 1.54) is 12.2 Å². The topological polar surface area (TPSA) is 42.2 Å². The molecule has 0 aliphatic carbocycles. The number of carbonyl (C=O) groups excluding carboxylic acids is 1. The second-order valence-corrected chi connectivity index (χ2v) is 4.77. The molecule has 0 spiro atoms. The number of thioether (sulfide) groups is 1. The largest absolute Gasteiger partial charge is 0.440 e. The van der Waals surface area contributed by atoms with Gasteiger partial charge in [-0.1, -0.05) is 6.42 Å². The van der Waals surface area contributed by atoms with Gasteiger partial charge in [-0.15, -0.1) is 0 Å². The predicted octanol–water partition coefficient (Wildman–Crippen LogP) is 3.20. The average Bonchev–Trinajstić information content (AvgIpc) is 2.70. The summed E-state index contributed by atoms with van der Waals surface area (Å²) in [5, 5.41) is 3.03. The van der Waals surface area contributed by atoms with E-state index < -0.39 is 0 Å². The molecule has 0 saturated heterocycles. The molecule has 1 rings (SSSR count). The monoisotopic (exact) mass is 261 g/mol. The van der Waals surface area contributed by atoms with E-state index in [0.29, 0.717) is 6.54 Å². The van der Waals surface area contributed by atoms with E-state index in [-0.39, 0.29) is 16.9 Å². The Bertz CT molecular complexity index is 328. The zero-order valence-electron chi connectivity index (χ0n) is 9.29. The van der Waals surface area contributed by atoms with E-state index in [0.717, 1.165) is 12.8 Å². The SMILES string of the molecule is CSCCCCCNC(=O)c1ccc(Cl)o1. The molecule has 1 aromatic rings. The van der Waals surface area contributed by atoms with Crippen molar-refractivity contribution in [1.82, 2.24) is 5.32 Å². The number of unbranched alkanes of at least 4 members (excludes halogenated alkanes) is 2. The minimum absolute atomic E-state index is 0.197. The predicted molar refractivity (Wildman–Crippen MR) is 68.3 cm³/mol. The maximum atomic E-state index is 11.5. The summed E-state index contributed by atoms with van der Waals surface area (Å²) in [6, 6.07) is 3.14. The van der Waals surface area contributed by atoms with Crippen LogP contribution in [-0.2, 0) is 0 Å². The zero-order valence-corrected chi connectivity index (χ0v) is 10.9. The van der Waals surface area contributed by atoms with Crippen molar-refractivity contribution >= 4 is 29.3 Å². The Labute approximate surface area is 105 Å². The van der Waals surface area contributed by atoms with Crippen LogP contribution in [0.5, 0.6) is 0 Å². The van der Waals surface area contributed by atoms with Crippen molar-refractivity contribution in [3.8, 4) is 0 Å². The highest BCUT2D eigenvalue weighted by Crippen LogP contribution is 2.12. The van der Waals surface area contributed by atoms with Gasteiger partial charge in [0.25, 0.3) is 5.91 Å². The van der Waals surface area contributed by atoms with Gasteiger partial charge in [0.05, 0.1) is 0 Å². The first-order chi connectivity index (χ1) is 7.74. The van der Waals surface area contributed by atoms with Gasteiger partial charge < -0.3 is 9.73 Å². The summed E-state index contributed by atoms with van der Waals surface area (Å²) in [7, 11) is 0. The molecule has 0 unspecified atom stereocenters. The Kier molecular flexibility index (Phi) is 6.42. The molecule has 90 valence electrons. The lowest BCUT2D eigenvalue weighted by Gasteiger charge is -2.02. The van der Waals surface area contributed by atoms with Crippen molar-refractivity contribution in [1.29, 1.82) is 0 Å². The maximum absolute atomic E-state index is 11.5. The molecule has 0 radical (unpaired) electrons. The molecule has 1 aromatic heterocycles. The fourth-order valence-corrected chi connectivity index (χ4v) is 1.91. The summed E-state index contributed by atoms with van der Waals surface area (Å²) in [5.74, 6) is 1.26. The van der Waals surface area contributed by atoms with Crippen LogP contribution < -0.4 is 5.32 Å². The first kappa shape index (κ1) is 13.5. The lowest BCUT2D eigenvalue weighted by atomic mass is 10.2. The number of amides is 1. The second kappa shape index (κ2) is 7.63. The van der Waals surface area contributed by atoms with E-state index in [1.54, 1.807) is 12.1 Å². The Morgan fingerprint density at radius 1 is 1.44 bits per heavy atom. The quantitative estimate of drug-likeness (QED) is 0.767. The van der Waals surface area contributed by atoms with Gasteiger partial charge in [0.1, 0.15) is 0 Å². The number of hydrogen-bond acceptors (Lipinski definition) is 3. The van der Waals surface area contributed by atoms with Crippen molar-refractivity contribution in [3.05, 3.63) is 23.1 Å². The van der Waals surface area contributed by atoms with Crippen LogP contribution in [0, 0.1) is 0 Å². The molecule has 5 heteroatoms. The number of carbonyl (C=O) groups is 1. The highest BCUT2D eigenvalue weighted by Gasteiger charge is 2.08. The average molecular weight is 262 g/mol. The van der Waals surface area contributed by atoms with Gasteiger partial charge in [-0.2, -0.15) is 11.8 Å². The molecule has 0 saturated carbocycles.